The van der Waals surface area contributed by atoms with Crippen LogP contribution in [0.1, 0.15) is 12.8 Å². The first-order valence-electron chi connectivity index (χ1n) is 5.31. The lowest BCUT2D eigenvalue weighted by molar-refractivity contribution is 0.0978. The van der Waals surface area contributed by atoms with Crippen LogP contribution in [0.3, 0.4) is 0 Å². The zero-order valence-electron chi connectivity index (χ0n) is 8.47. The summed E-state index contributed by atoms with van der Waals surface area (Å²) in [6.07, 6.45) is 6.30. The first-order chi connectivity index (χ1) is 7.43. The SMILES string of the molecule is c1cnc2c(c1)ncn2CC1CCCO1. The van der Waals surface area contributed by atoms with Gasteiger partial charge in [0.1, 0.15) is 5.52 Å². The van der Waals surface area contributed by atoms with Crippen molar-refractivity contribution in [1.29, 1.82) is 0 Å². The fraction of sp³-hybridized carbons (Fsp3) is 0.455. The van der Waals surface area contributed by atoms with E-state index in [2.05, 4.69) is 14.5 Å². The summed E-state index contributed by atoms with van der Waals surface area (Å²) < 4.78 is 7.67. The highest BCUT2D eigenvalue weighted by Gasteiger charge is 2.17. The van der Waals surface area contributed by atoms with Gasteiger partial charge in [-0.15, -0.1) is 0 Å². The lowest BCUT2D eigenvalue weighted by Crippen LogP contribution is -2.14. The first-order valence-corrected chi connectivity index (χ1v) is 5.31. The number of hydrogen-bond donors (Lipinski definition) is 0. The lowest BCUT2D eigenvalue weighted by Gasteiger charge is -2.09. The monoisotopic (exact) mass is 203 g/mol. The van der Waals surface area contributed by atoms with Gasteiger partial charge in [-0.3, -0.25) is 0 Å². The summed E-state index contributed by atoms with van der Waals surface area (Å²) in [6.45, 7) is 1.76. The van der Waals surface area contributed by atoms with Crippen molar-refractivity contribution in [3.8, 4) is 0 Å². The van der Waals surface area contributed by atoms with Gasteiger partial charge in [0, 0.05) is 12.8 Å². The van der Waals surface area contributed by atoms with Crippen molar-refractivity contribution in [2.75, 3.05) is 6.61 Å². The Balaban J connectivity index is 1.90. The molecule has 2 aromatic heterocycles. The van der Waals surface area contributed by atoms with Gasteiger partial charge >= 0.3 is 0 Å². The molecule has 0 bridgehead atoms. The molecule has 0 aliphatic carbocycles. The number of ether oxygens (including phenoxy) is 1. The van der Waals surface area contributed by atoms with Crippen LogP contribution in [0.25, 0.3) is 11.2 Å². The zero-order chi connectivity index (χ0) is 10.1. The Hall–Kier alpha value is -1.42. The molecule has 0 spiro atoms. The Morgan fingerprint density at radius 3 is 3.33 bits per heavy atom. The van der Waals surface area contributed by atoms with E-state index in [4.69, 9.17) is 4.74 Å². The molecule has 1 saturated heterocycles. The Bertz CT molecular complexity index is 460. The van der Waals surface area contributed by atoms with Gasteiger partial charge in [0.25, 0.3) is 0 Å². The summed E-state index contributed by atoms with van der Waals surface area (Å²) >= 11 is 0. The second kappa shape index (κ2) is 3.62. The van der Waals surface area contributed by atoms with E-state index in [0.717, 1.165) is 30.7 Å². The highest BCUT2D eigenvalue weighted by atomic mass is 16.5. The van der Waals surface area contributed by atoms with Crippen molar-refractivity contribution in [2.45, 2.75) is 25.5 Å². The van der Waals surface area contributed by atoms with Gasteiger partial charge in [-0.25, -0.2) is 9.97 Å². The van der Waals surface area contributed by atoms with Crippen LogP contribution >= 0.6 is 0 Å². The molecule has 1 unspecified atom stereocenters. The van der Waals surface area contributed by atoms with Crippen LogP contribution in [0.2, 0.25) is 0 Å². The normalized spacial score (nSPS) is 21.2. The fourth-order valence-electron chi connectivity index (χ4n) is 2.04. The minimum atomic E-state index is 0.337. The summed E-state index contributed by atoms with van der Waals surface area (Å²) in [6, 6.07) is 3.89. The molecular weight excluding hydrogens is 190 g/mol. The molecule has 0 amide bonds. The Kier molecular flexibility index (Phi) is 2.14. The van der Waals surface area contributed by atoms with E-state index >= 15 is 0 Å². The molecule has 0 radical (unpaired) electrons. The maximum Gasteiger partial charge on any atom is 0.159 e. The van der Waals surface area contributed by atoms with E-state index in [1.54, 1.807) is 6.20 Å². The molecule has 15 heavy (non-hydrogen) atoms. The molecule has 4 nitrogen and oxygen atoms in total. The van der Waals surface area contributed by atoms with Crippen LogP contribution < -0.4 is 0 Å². The summed E-state index contributed by atoms with van der Waals surface area (Å²) in [5.41, 5.74) is 1.91. The van der Waals surface area contributed by atoms with Crippen molar-refractivity contribution in [1.82, 2.24) is 14.5 Å². The highest BCUT2D eigenvalue weighted by molar-refractivity contribution is 5.69. The number of pyridine rings is 1. The molecule has 4 heteroatoms. The quantitative estimate of drug-likeness (QED) is 0.744. The van der Waals surface area contributed by atoms with Crippen molar-refractivity contribution in [3.05, 3.63) is 24.7 Å². The Morgan fingerprint density at radius 2 is 2.47 bits per heavy atom. The minimum absolute atomic E-state index is 0.337. The topological polar surface area (TPSA) is 39.9 Å². The number of imidazole rings is 1. The summed E-state index contributed by atoms with van der Waals surface area (Å²) in [7, 11) is 0. The van der Waals surface area contributed by atoms with Gasteiger partial charge in [-0.05, 0) is 25.0 Å². The third kappa shape index (κ3) is 1.61. The zero-order valence-corrected chi connectivity index (χ0v) is 8.47. The van der Waals surface area contributed by atoms with Crippen molar-refractivity contribution in [3.63, 3.8) is 0 Å². The molecule has 0 saturated carbocycles. The van der Waals surface area contributed by atoms with Gasteiger partial charge < -0.3 is 9.30 Å². The number of rotatable bonds is 2. The van der Waals surface area contributed by atoms with Crippen molar-refractivity contribution in [2.24, 2.45) is 0 Å². The van der Waals surface area contributed by atoms with E-state index < -0.39 is 0 Å². The minimum Gasteiger partial charge on any atom is -0.376 e. The van der Waals surface area contributed by atoms with Gasteiger partial charge in [0.05, 0.1) is 19.0 Å². The Labute approximate surface area is 87.9 Å². The molecule has 0 N–H and O–H groups in total. The molecular formula is C11H13N3O. The molecule has 1 atom stereocenters. The second-order valence-electron chi connectivity index (χ2n) is 3.88. The van der Waals surface area contributed by atoms with E-state index in [0.29, 0.717) is 6.10 Å². The molecule has 3 heterocycles. The predicted molar refractivity (Wildman–Crippen MR) is 56.5 cm³/mol. The average Bonchev–Trinajstić information content (AvgIpc) is 2.89. The van der Waals surface area contributed by atoms with Crippen molar-refractivity contribution < 1.29 is 4.74 Å². The summed E-state index contributed by atoms with van der Waals surface area (Å²) in [4.78, 5) is 8.63. The molecule has 2 aromatic rings. The molecule has 78 valence electrons. The summed E-state index contributed by atoms with van der Waals surface area (Å²) in [5, 5.41) is 0. The lowest BCUT2D eigenvalue weighted by atomic mass is 10.2. The van der Waals surface area contributed by atoms with E-state index in [1.807, 2.05) is 18.5 Å². The van der Waals surface area contributed by atoms with Crippen LogP contribution in [-0.4, -0.2) is 27.2 Å². The standard InChI is InChI=1S/C11H13N3O/c1-4-10-11(12-5-1)14(8-13-10)7-9-3-2-6-15-9/h1,4-5,8-9H,2-3,6-7H2. The number of aromatic nitrogens is 3. The highest BCUT2D eigenvalue weighted by Crippen LogP contribution is 2.16. The average molecular weight is 203 g/mol. The maximum atomic E-state index is 5.60. The van der Waals surface area contributed by atoms with E-state index in [1.165, 1.54) is 6.42 Å². The summed E-state index contributed by atoms with van der Waals surface area (Å²) in [5.74, 6) is 0. The smallest absolute Gasteiger partial charge is 0.159 e. The molecule has 1 aliphatic rings. The second-order valence-corrected chi connectivity index (χ2v) is 3.88. The molecule has 1 aliphatic heterocycles. The number of fused-ring (bicyclic) bond motifs is 1. The van der Waals surface area contributed by atoms with Crippen LogP contribution in [0.5, 0.6) is 0 Å². The van der Waals surface area contributed by atoms with Gasteiger partial charge in [0.15, 0.2) is 5.65 Å². The van der Waals surface area contributed by atoms with Crippen LogP contribution in [0.15, 0.2) is 24.7 Å². The number of hydrogen-bond acceptors (Lipinski definition) is 3. The number of nitrogens with zero attached hydrogens (tertiary/aromatic N) is 3. The molecule has 1 fully saturated rings. The van der Waals surface area contributed by atoms with E-state index in [-0.39, 0.29) is 0 Å². The van der Waals surface area contributed by atoms with Gasteiger partial charge in [-0.1, -0.05) is 0 Å². The van der Waals surface area contributed by atoms with E-state index in [9.17, 15) is 0 Å². The van der Waals surface area contributed by atoms with Gasteiger partial charge in [-0.2, -0.15) is 0 Å². The van der Waals surface area contributed by atoms with Gasteiger partial charge in [0.2, 0.25) is 0 Å². The van der Waals surface area contributed by atoms with Crippen LogP contribution in [-0.2, 0) is 11.3 Å². The Morgan fingerprint density at radius 1 is 1.47 bits per heavy atom. The third-order valence-electron chi connectivity index (χ3n) is 2.80. The van der Waals surface area contributed by atoms with Crippen LogP contribution in [0.4, 0.5) is 0 Å². The maximum absolute atomic E-state index is 5.60. The van der Waals surface area contributed by atoms with Crippen molar-refractivity contribution >= 4 is 11.2 Å². The first kappa shape index (κ1) is 8.85. The third-order valence-corrected chi connectivity index (χ3v) is 2.80. The molecule has 3 rings (SSSR count). The molecule has 0 aromatic carbocycles. The largest absolute Gasteiger partial charge is 0.376 e. The fourth-order valence-corrected chi connectivity index (χ4v) is 2.04. The van der Waals surface area contributed by atoms with Crippen LogP contribution in [0, 0.1) is 0 Å². The predicted octanol–water partition coefficient (Wildman–Crippen LogP) is 1.61.